The van der Waals surface area contributed by atoms with Gasteiger partial charge in [-0.3, -0.25) is 24.4 Å². The molecule has 1 aromatic heterocycles. The number of benzene rings is 3. The minimum Gasteiger partial charge on any atom is -0.340 e. The van der Waals surface area contributed by atoms with Gasteiger partial charge in [0.25, 0.3) is 0 Å². The molecule has 3 aliphatic heterocycles. The summed E-state index contributed by atoms with van der Waals surface area (Å²) in [6, 6.07) is 21.9. The first-order chi connectivity index (χ1) is 21.0. The van der Waals surface area contributed by atoms with Crippen LogP contribution in [0.5, 0.6) is 0 Å². The van der Waals surface area contributed by atoms with Crippen molar-refractivity contribution < 1.29 is 14.4 Å². The molecule has 3 aliphatic rings. The van der Waals surface area contributed by atoms with Crippen LogP contribution in [-0.4, -0.2) is 74.8 Å². The number of amides is 3. The highest BCUT2D eigenvalue weighted by Gasteiger charge is 2.36. The van der Waals surface area contributed by atoms with Crippen molar-refractivity contribution >= 4 is 34.3 Å². The molecule has 7 rings (SSSR count). The summed E-state index contributed by atoms with van der Waals surface area (Å²) in [6.07, 6.45) is 4.08. The molecule has 4 heterocycles. The summed E-state index contributed by atoms with van der Waals surface area (Å²) >= 11 is 0. The number of piperazine rings is 1. The van der Waals surface area contributed by atoms with Gasteiger partial charge in [0.15, 0.2) is 0 Å². The highest BCUT2D eigenvalue weighted by molar-refractivity contribution is 5.98. The fourth-order valence-corrected chi connectivity index (χ4v) is 6.90. The lowest BCUT2D eigenvalue weighted by Crippen LogP contribution is -2.56. The van der Waals surface area contributed by atoms with Gasteiger partial charge in [-0.1, -0.05) is 54.6 Å². The van der Waals surface area contributed by atoms with Crippen LogP contribution < -0.4 is 5.32 Å². The maximum atomic E-state index is 14.1. The number of rotatable bonds is 5. The van der Waals surface area contributed by atoms with E-state index < -0.39 is 0 Å². The van der Waals surface area contributed by atoms with E-state index in [0.29, 0.717) is 52.1 Å². The number of H-pyrrole nitrogens is 1. The Morgan fingerprint density at radius 3 is 2.53 bits per heavy atom. The van der Waals surface area contributed by atoms with Gasteiger partial charge in [0.1, 0.15) is 0 Å². The SMILES string of the molecule is O=C1Nc2ccccc2CC1N1CCN(C(=O)C[C@@H]2CCc3ccc4[nH]ncc4c3CN(Cc3ccccc3)C2=O)CC1. The average Bonchev–Trinajstić information content (AvgIpc) is 3.52. The molecule has 0 saturated carbocycles. The molecule has 2 atom stereocenters. The summed E-state index contributed by atoms with van der Waals surface area (Å²) in [5, 5.41) is 11.4. The number of carbonyl (C=O) groups is 3. The Hall–Kier alpha value is -4.50. The number of carbonyl (C=O) groups excluding carboxylic acids is 3. The summed E-state index contributed by atoms with van der Waals surface area (Å²) in [5.74, 6) is -0.324. The molecule has 0 bridgehead atoms. The molecule has 1 fully saturated rings. The first kappa shape index (κ1) is 27.3. The van der Waals surface area contributed by atoms with Crippen LogP contribution in [-0.2, 0) is 40.3 Å². The van der Waals surface area contributed by atoms with E-state index in [1.165, 1.54) is 5.56 Å². The van der Waals surface area contributed by atoms with Crippen molar-refractivity contribution in [2.24, 2.45) is 5.92 Å². The molecule has 1 unspecified atom stereocenters. The summed E-state index contributed by atoms with van der Waals surface area (Å²) in [4.78, 5) is 46.5. The zero-order valence-electron chi connectivity index (χ0n) is 24.2. The number of hydrogen-bond donors (Lipinski definition) is 2. The van der Waals surface area contributed by atoms with Gasteiger partial charge in [-0.25, -0.2) is 0 Å². The molecule has 1 saturated heterocycles. The largest absolute Gasteiger partial charge is 0.340 e. The van der Waals surface area contributed by atoms with Gasteiger partial charge < -0.3 is 15.1 Å². The number of aryl methyl sites for hydroxylation is 1. The molecule has 2 N–H and O–H groups in total. The number of nitrogens with one attached hydrogen (secondary N) is 2. The second-order valence-corrected chi connectivity index (χ2v) is 11.9. The number of hydrogen-bond acceptors (Lipinski definition) is 5. The highest BCUT2D eigenvalue weighted by Crippen LogP contribution is 2.31. The molecule has 0 aliphatic carbocycles. The summed E-state index contributed by atoms with van der Waals surface area (Å²) in [7, 11) is 0. The van der Waals surface area contributed by atoms with E-state index in [2.05, 4.69) is 38.6 Å². The van der Waals surface area contributed by atoms with Crippen LogP contribution in [0, 0.1) is 5.92 Å². The predicted octanol–water partition coefficient (Wildman–Crippen LogP) is 3.75. The van der Waals surface area contributed by atoms with E-state index in [4.69, 9.17) is 0 Å². The Morgan fingerprint density at radius 1 is 0.907 bits per heavy atom. The molecule has 9 heteroatoms. The number of para-hydroxylation sites is 1. The van der Waals surface area contributed by atoms with E-state index in [0.717, 1.165) is 39.7 Å². The number of fused-ring (bicyclic) bond motifs is 4. The second-order valence-electron chi connectivity index (χ2n) is 11.9. The third kappa shape index (κ3) is 5.52. The number of nitrogens with zero attached hydrogens (tertiary/aromatic N) is 4. The van der Waals surface area contributed by atoms with Gasteiger partial charge in [0, 0.05) is 62.7 Å². The van der Waals surface area contributed by atoms with E-state index in [-0.39, 0.29) is 36.1 Å². The van der Waals surface area contributed by atoms with Gasteiger partial charge in [0.05, 0.1) is 17.8 Å². The highest BCUT2D eigenvalue weighted by atomic mass is 16.2. The molecule has 0 spiro atoms. The van der Waals surface area contributed by atoms with E-state index in [1.54, 1.807) is 0 Å². The lowest BCUT2D eigenvalue weighted by atomic mass is 9.88. The molecule has 3 amide bonds. The summed E-state index contributed by atoms with van der Waals surface area (Å²) in [6.45, 7) is 3.36. The summed E-state index contributed by atoms with van der Waals surface area (Å²) in [5.41, 5.74) is 6.40. The fraction of sp³-hybridized carbons (Fsp3) is 0.353. The van der Waals surface area contributed by atoms with Crippen molar-refractivity contribution in [3.63, 3.8) is 0 Å². The van der Waals surface area contributed by atoms with Crippen LogP contribution in [0.1, 0.15) is 35.1 Å². The van der Waals surface area contributed by atoms with Gasteiger partial charge in [0.2, 0.25) is 17.7 Å². The third-order valence-electron chi connectivity index (χ3n) is 9.34. The Bertz CT molecular complexity index is 1660. The normalized spacial score (nSPS) is 21.1. The monoisotopic (exact) mass is 576 g/mol. The van der Waals surface area contributed by atoms with Crippen LogP contribution in [0.25, 0.3) is 10.9 Å². The Kier molecular flexibility index (Phi) is 7.40. The molecule has 9 nitrogen and oxygen atoms in total. The topological polar surface area (TPSA) is 102 Å². The van der Waals surface area contributed by atoms with Crippen LogP contribution in [0.15, 0.2) is 72.9 Å². The van der Waals surface area contributed by atoms with Crippen LogP contribution in [0.2, 0.25) is 0 Å². The number of anilines is 1. The standard InChI is InChI=1S/C34H36N6O3/c41-32(39-16-14-38(15-17-39)31-18-25-8-4-5-9-29(25)36-33(31)42)19-26-11-10-24-12-13-30-27(20-35-37-30)28(24)22-40(34(26)43)21-23-6-2-1-3-7-23/h1-9,12-13,20,26,31H,10-11,14-19,21-22H2,(H,35,37)(H,36,42)/t26-,31?/m0/s1. The number of aromatic nitrogens is 2. The van der Waals surface area contributed by atoms with Crippen molar-refractivity contribution in [2.45, 2.75) is 44.8 Å². The second kappa shape index (κ2) is 11.6. The lowest BCUT2D eigenvalue weighted by Gasteiger charge is -2.40. The minimum absolute atomic E-state index is 0.0159. The summed E-state index contributed by atoms with van der Waals surface area (Å²) < 4.78 is 0. The molecule has 3 aromatic carbocycles. The Labute approximate surface area is 250 Å². The maximum absolute atomic E-state index is 14.1. The van der Waals surface area contributed by atoms with E-state index in [1.807, 2.05) is 64.5 Å². The predicted molar refractivity (Wildman–Crippen MR) is 164 cm³/mol. The molecule has 43 heavy (non-hydrogen) atoms. The van der Waals surface area contributed by atoms with Gasteiger partial charge in [-0.05, 0) is 53.6 Å². The van der Waals surface area contributed by atoms with Crippen molar-refractivity contribution in [1.29, 1.82) is 0 Å². The van der Waals surface area contributed by atoms with Crippen LogP contribution >= 0.6 is 0 Å². The van der Waals surface area contributed by atoms with Gasteiger partial charge in [-0.15, -0.1) is 0 Å². The first-order valence-corrected chi connectivity index (χ1v) is 15.2. The molecule has 220 valence electrons. The number of aromatic amines is 1. The van der Waals surface area contributed by atoms with Crippen LogP contribution in [0.3, 0.4) is 0 Å². The van der Waals surface area contributed by atoms with Gasteiger partial charge >= 0.3 is 0 Å². The Morgan fingerprint density at radius 2 is 1.70 bits per heavy atom. The molecular weight excluding hydrogens is 540 g/mol. The van der Waals surface area contributed by atoms with Crippen molar-refractivity contribution in [3.05, 3.63) is 95.2 Å². The average molecular weight is 577 g/mol. The van der Waals surface area contributed by atoms with Gasteiger partial charge in [-0.2, -0.15) is 5.10 Å². The zero-order valence-corrected chi connectivity index (χ0v) is 24.2. The van der Waals surface area contributed by atoms with E-state index in [9.17, 15) is 14.4 Å². The molecule has 0 radical (unpaired) electrons. The minimum atomic E-state index is -0.386. The first-order valence-electron chi connectivity index (χ1n) is 15.2. The fourth-order valence-electron chi connectivity index (χ4n) is 6.90. The van der Waals surface area contributed by atoms with Crippen molar-refractivity contribution in [2.75, 3.05) is 31.5 Å². The smallest absolute Gasteiger partial charge is 0.242 e. The van der Waals surface area contributed by atoms with Crippen molar-refractivity contribution in [1.82, 2.24) is 24.9 Å². The zero-order chi connectivity index (χ0) is 29.3. The molecule has 4 aromatic rings. The van der Waals surface area contributed by atoms with Crippen molar-refractivity contribution in [3.8, 4) is 0 Å². The molecular formula is C34H36N6O3. The lowest BCUT2D eigenvalue weighted by molar-refractivity contribution is -0.143. The maximum Gasteiger partial charge on any atom is 0.242 e. The van der Waals surface area contributed by atoms with E-state index >= 15 is 0 Å². The quantitative estimate of drug-likeness (QED) is 0.377. The van der Waals surface area contributed by atoms with Crippen LogP contribution in [0.4, 0.5) is 5.69 Å². The third-order valence-corrected chi connectivity index (χ3v) is 9.34. The Balaban J connectivity index is 1.04.